The first-order chi connectivity index (χ1) is 12.7. The third-order valence-corrected chi connectivity index (χ3v) is 3.28. The molecule has 0 amide bonds. The van der Waals surface area contributed by atoms with Gasteiger partial charge in [-0.05, 0) is 24.7 Å². The molecule has 0 saturated carbocycles. The maximum Gasteiger partial charge on any atom is 0.438 e. The van der Waals surface area contributed by atoms with E-state index in [0.29, 0.717) is 11.8 Å². The van der Waals surface area contributed by atoms with Gasteiger partial charge in [0.05, 0.1) is 0 Å². The van der Waals surface area contributed by atoms with Crippen molar-refractivity contribution in [1.29, 1.82) is 0 Å². The number of unbranched alkanes of at least 4 members (excludes halogenated alkanes) is 4. The second kappa shape index (κ2) is 8.92. The molecular formula is C15H12F12O2. The molecule has 0 aliphatic carbocycles. The van der Waals surface area contributed by atoms with Crippen molar-refractivity contribution >= 4 is 0 Å². The Bertz CT molecular complexity index is 575. The van der Waals surface area contributed by atoms with Crippen LogP contribution < -0.4 is 0 Å². The lowest BCUT2D eigenvalue weighted by molar-refractivity contribution is -0.344. The number of hydrogen-bond donors (Lipinski definition) is 2. The lowest BCUT2D eigenvalue weighted by Crippen LogP contribution is -2.55. The number of alkyl halides is 12. The summed E-state index contributed by atoms with van der Waals surface area (Å²) in [6.07, 6.45) is -26.0. The predicted molar refractivity (Wildman–Crippen MR) is 72.8 cm³/mol. The summed E-state index contributed by atoms with van der Waals surface area (Å²) in [6.45, 7) is 0. The molecule has 2 N–H and O–H groups in total. The third kappa shape index (κ3) is 6.60. The lowest BCUT2D eigenvalue weighted by Gasteiger charge is -2.27. The van der Waals surface area contributed by atoms with Gasteiger partial charge in [0, 0.05) is 12.8 Å². The van der Waals surface area contributed by atoms with Crippen LogP contribution in [0.1, 0.15) is 32.1 Å². The summed E-state index contributed by atoms with van der Waals surface area (Å²) in [7, 11) is 0. The minimum absolute atomic E-state index is 0.0731. The largest absolute Gasteiger partial charge is 0.438 e. The van der Waals surface area contributed by atoms with Crippen LogP contribution in [-0.2, 0) is 0 Å². The zero-order valence-corrected chi connectivity index (χ0v) is 14.0. The molecule has 2 nitrogen and oxygen atoms in total. The molecule has 29 heavy (non-hydrogen) atoms. The van der Waals surface area contributed by atoms with Gasteiger partial charge >= 0.3 is 35.9 Å². The van der Waals surface area contributed by atoms with E-state index >= 15 is 0 Å². The fourth-order valence-corrected chi connectivity index (χ4v) is 1.59. The Morgan fingerprint density at radius 1 is 0.448 bits per heavy atom. The van der Waals surface area contributed by atoms with Crippen molar-refractivity contribution in [3.05, 3.63) is 0 Å². The second-order valence-electron chi connectivity index (χ2n) is 5.58. The average molecular weight is 452 g/mol. The highest BCUT2D eigenvalue weighted by Gasteiger charge is 2.71. The Hall–Kier alpha value is -1.80. The zero-order valence-electron chi connectivity index (χ0n) is 14.0. The van der Waals surface area contributed by atoms with Crippen molar-refractivity contribution in [2.75, 3.05) is 0 Å². The third-order valence-electron chi connectivity index (χ3n) is 3.28. The van der Waals surface area contributed by atoms with Crippen LogP contribution in [0.5, 0.6) is 0 Å². The van der Waals surface area contributed by atoms with E-state index in [1.54, 1.807) is 0 Å². The van der Waals surface area contributed by atoms with Gasteiger partial charge in [-0.1, -0.05) is 18.3 Å². The second-order valence-corrected chi connectivity index (χ2v) is 5.58. The van der Waals surface area contributed by atoms with Crippen LogP contribution in [0.4, 0.5) is 52.7 Å². The van der Waals surface area contributed by atoms with E-state index in [4.69, 9.17) is 10.2 Å². The average Bonchev–Trinajstić information content (AvgIpc) is 2.48. The molecule has 0 fully saturated rings. The van der Waals surface area contributed by atoms with Crippen molar-refractivity contribution < 1.29 is 62.9 Å². The Morgan fingerprint density at radius 3 is 0.897 bits per heavy atom. The quantitative estimate of drug-likeness (QED) is 0.370. The van der Waals surface area contributed by atoms with Gasteiger partial charge in [-0.25, -0.2) is 0 Å². The molecule has 0 atom stereocenters. The van der Waals surface area contributed by atoms with Crippen LogP contribution in [0.2, 0.25) is 0 Å². The fourth-order valence-electron chi connectivity index (χ4n) is 1.59. The molecule has 0 radical (unpaired) electrons. The summed E-state index contributed by atoms with van der Waals surface area (Å²) in [5, 5.41) is 17.4. The van der Waals surface area contributed by atoms with E-state index in [-0.39, 0.29) is 19.3 Å². The Morgan fingerprint density at radius 2 is 0.690 bits per heavy atom. The van der Waals surface area contributed by atoms with Crippen molar-refractivity contribution in [2.45, 2.75) is 68.0 Å². The van der Waals surface area contributed by atoms with Crippen molar-refractivity contribution in [1.82, 2.24) is 0 Å². The highest BCUT2D eigenvalue weighted by molar-refractivity contribution is 5.21. The van der Waals surface area contributed by atoms with Crippen molar-refractivity contribution in [2.24, 2.45) is 0 Å². The molecular weight excluding hydrogens is 440 g/mol. The number of halogens is 12. The highest BCUT2D eigenvalue weighted by atomic mass is 19.4. The standard InChI is InChI=1S/C15H12F12O2/c16-12(17,18)10(28,13(19,20)21)8-6-4-2-1-3-5-7-9-11(29,14(22,23)24)15(25,26)27/h28-29H,1-5H2. The summed E-state index contributed by atoms with van der Waals surface area (Å²) in [6, 6.07) is 0. The fraction of sp³-hybridized carbons (Fsp3) is 0.733. The van der Waals surface area contributed by atoms with E-state index in [2.05, 4.69) is 0 Å². The summed E-state index contributed by atoms with van der Waals surface area (Å²) in [4.78, 5) is 0. The zero-order chi connectivity index (χ0) is 23.4. The number of rotatable bonds is 4. The highest BCUT2D eigenvalue weighted by Crippen LogP contribution is 2.43. The van der Waals surface area contributed by atoms with Crippen LogP contribution in [0.15, 0.2) is 0 Å². The van der Waals surface area contributed by atoms with Gasteiger partial charge in [-0.15, -0.1) is 0 Å². The molecule has 0 aliphatic rings. The first-order valence-electron chi connectivity index (χ1n) is 7.42. The molecule has 0 aromatic rings. The summed E-state index contributed by atoms with van der Waals surface area (Å²) in [5.74, 6) is 4.31. The first-order valence-corrected chi connectivity index (χ1v) is 7.42. The Labute approximate surface area is 155 Å². The van der Waals surface area contributed by atoms with Crippen LogP contribution in [0, 0.1) is 23.7 Å². The van der Waals surface area contributed by atoms with Gasteiger partial charge in [-0.2, -0.15) is 52.7 Å². The maximum absolute atomic E-state index is 12.3. The lowest BCUT2D eigenvalue weighted by atomic mass is 10.0. The number of aliphatic hydroxyl groups is 2. The molecule has 0 bridgehead atoms. The predicted octanol–water partition coefficient (Wildman–Crippen LogP) is 4.66. The summed E-state index contributed by atoms with van der Waals surface area (Å²) >= 11 is 0. The van der Waals surface area contributed by atoms with E-state index in [1.807, 2.05) is 0 Å². The molecule has 0 spiro atoms. The summed E-state index contributed by atoms with van der Waals surface area (Å²) < 4.78 is 148. The van der Waals surface area contributed by atoms with Gasteiger partial charge in [0.1, 0.15) is 0 Å². The van der Waals surface area contributed by atoms with Gasteiger partial charge < -0.3 is 10.2 Å². The van der Waals surface area contributed by atoms with E-state index in [0.717, 1.165) is 0 Å². The van der Waals surface area contributed by atoms with Crippen molar-refractivity contribution in [3.8, 4) is 23.7 Å². The SMILES string of the molecule is OC(C#CCCCCCC#CC(O)(C(F)(F)F)C(F)(F)F)(C(F)(F)F)C(F)(F)F. The monoisotopic (exact) mass is 452 g/mol. The summed E-state index contributed by atoms with van der Waals surface area (Å²) in [5.41, 5.74) is -10.5. The Kier molecular flexibility index (Phi) is 8.36. The molecule has 168 valence electrons. The van der Waals surface area contributed by atoms with Crippen LogP contribution in [0.3, 0.4) is 0 Å². The minimum Gasteiger partial charge on any atom is -0.363 e. The van der Waals surface area contributed by atoms with Gasteiger partial charge in [0.15, 0.2) is 0 Å². The van der Waals surface area contributed by atoms with E-state index < -0.39 is 48.7 Å². The molecule has 0 aliphatic heterocycles. The molecule has 0 saturated heterocycles. The van der Waals surface area contributed by atoms with Gasteiger partial charge in [0.2, 0.25) is 0 Å². The smallest absolute Gasteiger partial charge is 0.363 e. The molecule has 14 heteroatoms. The van der Waals surface area contributed by atoms with Gasteiger partial charge in [-0.3, -0.25) is 0 Å². The topological polar surface area (TPSA) is 40.5 Å². The minimum atomic E-state index is -6.11. The van der Waals surface area contributed by atoms with Crippen molar-refractivity contribution in [3.63, 3.8) is 0 Å². The molecule has 0 unspecified atom stereocenters. The molecule has 0 aromatic heterocycles. The first kappa shape index (κ1) is 27.2. The van der Waals surface area contributed by atoms with Gasteiger partial charge in [0.25, 0.3) is 0 Å². The van der Waals surface area contributed by atoms with Crippen LogP contribution in [-0.4, -0.2) is 46.1 Å². The molecule has 0 heterocycles. The van der Waals surface area contributed by atoms with E-state index in [1.165, 1.54) is 11.8 Å². The normalized spacial score (nSPS) is 14.0. The maximum atomic E-state index is 12.3. The number of hydrogen-bond acceptors (Lipinski definition) is 2. The molecule has 0 rings (SSSR count). The van der Waals surface area contributed by atoms with Crippen LogP contribution in [0.25, 0.3) is 0 Å². The van der Waals surface area contributed by atoms with E-state index in [9.17, 15) is 52.7 Å². The Balaban J connectivity index is 4.75. The molecule has 0 aromatic carbocycles. The van der Waals surface area contributed by atoms with Crippen LogP contribution >= 0.6 is 0 Å².